The van der Waals surface area contributed by atoms with E-state index in [4.69, 9.17) is 15.3 Å². The first kappa shape index (κ1) is 13.3. The Morgan fingerprint density at radius 1 is 1.35 bits per heavy atom. The fourth-order valence-corrected chi connectivity index (χ4v) is 1.40. The summed E-state index contributed by atoms with van der Waals surface area (Å²) in [5.74, 6) is 6.04. The number of hydrogen-bond acceptors (Lipinski definition) is 4. The normalized spacial score (nSPS) is 12.1. The SMILES string of the molecule is COc1cccc(OC(C(=O)NN)C(C)C)c1. The predicted octanol–water partition coefficient (Wildman–Crippen LogP) is 1.09. The first-order valence-electron chi connectivity index (χ1n) is 5.39. The molecule has 3 N–H and O–H groups in total. The minimum atomic E-state index is -0.618. The Balaban J connectivity index is 2.82. The van der Waals surface area contributed by atoms with Gasteiger partial charge in [-0.25, -0.2) is 5.84 Å². The van der Waals surface area contributed by atoms with Gasteiger partial charge in [-0.15, -0.1) is 0 Å². The van der Waals surface area contributed by atoms with Gasteiger partial charge in [-0.2, -0.15) is 0 Å². The van der Waals surface area contributed by atoms with Crippen LogP contribution in [0.4, 0.5) is 0 Å². The van der Waals surface area contributed by atoms with Gasteiger partial charge >= 0.3 is 0 Å². The van der Waals surface area contributed by atoms with Crippen molar-refractivity contribution in [3.05, 3.63) is 24.3 Å². The summed E-state index contributed by atoms with van der Waals surface area (Å²) in [6.07, 6.45) is -0.618. The molecule has 0 fully saturated rings. The van der Waals surface area contributed by atoms with E-state index in [0.717, 1.165) is 0 Å². The maximum absolute atomic E-state index is 11.5. The first-order chi connectivity index (χ1) is 8.08. The highest BCUT2D eigenvalue weighted by Gasteiger charge is 2.23. The van der Waals surface area contributed by atoms with Crippen molar-refractivity contribution in [2.45, 2.75) is 20.0 Å². The van der Waals surface area contributed by atoms with Crippen LogP contribution >= 0.6 is 0 Å². The van der Waals surface area contributed by atoms with Gasteiger partial charge in [-0.05, 0) is 18.1 Å². The van der Waals surface area contributed by atoms with Gasteiger partial charge in [0, 0.05) is 6.07 Å². The molecule has 1 amide bonds. The molecule has 5 nitrogen and oxygen atoms in total. The molecule has 94 valence electrons. The van der Waals surface area contributed by atoms with E-state index in [1.807, 2.05) is 13.8 Å². The molecular weight excluding hydrogens is 220 g/mol. The number of rotatable bonds is 5. The van der Waals surface area contributed by atoms with Crippen molar-refractivity contribution in [2.75, 3.05) is 7.11 Å². The number of hydrazine groups is 1. The summed E-state index contributed by atoms with van der Waals surface area (Å²) in [6.45, 7) is 3.78. The third kappa shape index (κ3) is 3.64. The van der Waals surface area contributed by atoms with Gasteiger partial charge in [0.25, 0.3) is 5.91 Å². The Hall–Kier alpha value is -1.75. The number of nitrogens with one attached hydrogen (secondary N) is 1. The molecule has 5 heteroatoms. The Bertz CT molecular complexity index is 380. The highest BCUT2D eigenvalue weighted by Crippen LogP contribution is 2.21. The van der Waals surface area contributed by atoms with Crippen molar-refractivity contribution in [1.82, 2.24) is 5.43 Å². The summed E-state index contributed by atoms with van der Waals surface area (Å²) in [5.41, 5.74) is 2.10. The molecule has 0 bridgehead atoms. The monoisotopic (exact) mass is 238 g/mol. The highest BCUT2D eigenvalue weighted by atomic mass is 16.5. The lowest BCUT2D eigenvalue weighted by atomic mass is 10.1. The molecule has 1 unspecified atom stereocenters. The molecule has 0 aliphatic rings. The molecule has 1 aromatic rings. The minimum Gasteiger partial charge on any atom is -0.497 e. The van der Waals surface area contributed by atoms with Crippen LogP contribution in [0.15, 0.2) is 24.3 Å². The van der Waals surface area contributed by atoms with Gasteiger partial charge in [0.1, 0.15) is 11.5 Å². The Morgan fingerprint density at radius 2 is 2.00 bits per heavy atom. The third-order valence-corrected chi connectivity index (χ3v) is 2.31. The van der Waals surface area contributed by atoms with E-state index < -0.39 is 6.10 Å². The predicted molar refractivity (Wildman–Crippen MR) is 64.6 cm³/mol. The van der Waals surface area contributed by atoms with Crippen LogP contribution in [-0.2, 0) is 4.79 Å². The molecule has 0 heterocycles. The van der Waals surface area contributed by atoms with Crippen LogP contribution in [0.25, 0.3) is 0 Å². The summed E-state index contributed by atoms with van der Waals surface area (Å²) < 4.78 is 10.7. The molecule has 0 saturated carbocycles. The molecule has 0 aliphatic carbocycles. The number of methoxy groups -OCH3 is 1. The molecule has 0 aromatic heterocycles. The van der Waals surface area contributed by atoms with E-state index >= 15 is 0 Å². The number of carbonyl (C=O) groups excluding carboxylic acids is 1. The van der Waals surface area contributed by atoms with Gasteiger partial charge in [0.15, 0.2) is 6.10 Å². The fraction of sp³-hybridized carbons (Fsp3) is 0.417. The standard InChI is InChI=1S/C12H18N2O3/c1-8(2)11(12(15)14-13)17-10-6-4-5-9(7-10)16-3/h4-8,11H,13H2,1-3H3,(H,14,15). The van der Waals surface area contributed by atoms with Crippen LogP contribution in [-0.4, -0.2) is 19.1 Å². The Labute approximate surface area is 101 Å². The molecule has 1 atom stereocenters. The van der Waals surface area contributed by atoms with E-state index in [1.165, 1.54) is 0 Å². The maximum atomic E-state index is 11.5. The van der Waals surface area contributed by atoms with Crippen LogP contribution in [0, 0.1) is 5.92 Å². The average Bonchev–Trinajstić information content (AvgIpc) is 2.35. The van der Waals surface area contributed by atoms with Crippen LogP contribution in [0.2, 0.25) is 0 Å². The molecule has 0 spiro atoms. The van der Waals surface area contributed by atoms with Crippen molar-refractivity contribution in [3.8, 4) is 11.5 Å². The van der Waals surface area contributed by atoms with E-state index in [2.05, 4.69) is 5.43 Å². The largest absolute Gasteiger partial charge is 0.497 e. The zero-order valence-electron chi connectivity index (χ0n) is 10.3. The third-order valence-electron chi connectivity index (χ3n) is 2.31. The second-order valence-electron chi connectivity index (χ2n) is 3.97. The number of hydrogen-bond donors (Lipinski definition) is 2. The van der Waals surface area contributed by atoms with Crippen molar-refractivity contribution in [1.29, 1.82) is 0 Å². The summed E-state index contributed by atoms with van der Waals surface area (Å²) in [6, 6.07) is 7.09. The first-order valence-corrected chi connectivity index (χ1v) is 5.39. The lowest BCUT2D eigenvalue weighted by molar-refractivity contribution is -0.129. The summed E-state index contributed by atoms with van der Waals surface area (Å²) in [7, 11) is 1.58. The van der Waals surface area contributed by atoms with Gasteiger partial charge in [0.2, 0.25) is 0 Å². The van der Waals surface area contributed by atoms with Crippen molar-refractivity contribution < 1.29 is 14.3 Å². The molecule has 1 rings (SSSR count). The summed E-state index contributed by atoms with van der Waals surface area (Å²) in [4.78, 5) is 11.5. The van der Waals surface area contributed by atoms with Gasteiger partial charge in [0.05, 0.1) is 7.11 Å². The Kier molecular flexibility index (Phi) is 4.78. The second-order valence-corrected chi connectivity index (χ2v) is 3.97. The number of carbonyl (C=O) groups is 1. The molecule has 1 aromatic carbocycles. The number of ether oxygens (including phenoxy) is 2. The molecule has 0 saturated heterocycles. The minimum absolute atomic E-state index is 0.0183. The summed E-state index contributed by atoms with van der Waals surface area (Å²) >= 11 is 0. The fourth-order valence-electron chi connectivity index (χ4n) is 1.40. The number of benzene rings is 1. The average molecular weight is 238 g/mol. The van der Waals surface area contributed by atoms with Gasteiger partial charge < -0.3 is 9.47 Å². The van der Waals surface area contributed by atoms with Crippen LogP contribution in [0.1, 0.15) is 13.8 Å². The van der Waals surface area contributed by atoms with E-state index in [0.29, 0.717) is 11.5 Å². The van der Waals surface area contributed by atoms with E-state index in [1.54, 1.807) is 31.4 Å². The molecule has 0 radical (unpaired) electrons. The van der Waals surface area contributed by atoms with Crippen LogP contribution < -0.4 is 20.7 Å². The van der Waals surface area contributed by atoms with Crippen LogP contribution in [0.5, 0.6) is 11.5 Å². The van der Waals surface area contributed by atoms with E-state index in [9.17, 15) is 4.79 Å². The summed E-state index contributed by atoms with van der Waals surface area (Å²) in [5, 5.41) is 0. The van der Waals surface area contributed by atoms with Crippen LogP contribution in [0.3, 0.4) is 0 Å². The molecular formula is C12H18N2O3. The second kappa shape index (κ2) is 6.10. The lowest BCUT2D eigenvalue weighted by Gasteiger charge is -2.20. The zero-order chi connectivity index (χ0) is 12.8. The number of nitrogens with two attached hydrogens (primary N) is 1. The smallest absolute Gasteiger partial charge is 0.275 e. The van der Waals surface area contributed by atoms with Crippen molar-refractivity contribution >= 4 is 5.91 Å². The van der Waals surface area contributed by atoms with Gasteiger partial charge in [-0.1, -0.05) is 19.9 Å². The highest BCUT2D eigenvalue weighted by molar-refractivity contribution is 5.80. The van der Waals surface area contributed by atoms with Crippen molar-refractivity contribution in [2.24, 2.45) is 11.8 Å². The maximum Gasteiger partial charge on any atom is 0.275 e. The quantitative estimate of drug-likeness (QED) is 0.457. The zero-order valence-corrected chi connectivity index (χ0v) is 10.3. The molecule has 0 aliphatic heterocycles. The van der Waals surface area contributed by atoms with Crippen molar-refractivity contribution in [3.63, 3.8) is 0 Å². The number of amides is 1. The molecule has 17 heavy (non-hydrogen) atoms. The van der Waals surface area contributed by atoms with Gasteiger partial charge in [-0.3, -0.25) is 10.2 Å². The Morgan fingerprint density at radius 3 is 2.53 bits per heavy atom. The topological polar surface area (TPSA) is 73.6 Å². The van der Waals surface area contributed by atoms with E-state index in [-0.39, 0.29) is 11.8 Å². The lowest BCUT2D eigenvalue weighted by Crippen LogP contribution is -2.44.